The van der Waals surface area contributed by atoms with E-state index in [1.807, 2.05) is 4.90 Å². The summed E-state index contributed by atoms with van der Waals surface area (Å²) in [7, 11) is 0. The predicted molar refractivity (Wildman–Crippen MR) is 51.9 cm³/mol. The van der Waals surface area contributed by atoms with E-state index in [0.29, 0.717) is 26.2 Å². The van der Waals surface area contributed by atoms with Gasteiger partial charge < -0.3 is 14.9 Å². The summed E-state index contributed by atoms with van der Waals surface area (Å²) in [6, 6.07) is 0. The highest BCUT2D eigenvalue weighted by Gasteiger charge is 2.03. The molecule has 0 bridgehead atoms. The molecule has 0 fully saturated rings. The summed E-state index contributed by atoms with van der Waals surface area (Å²) < 4.78 is 4.76. The average Bonchev–Trinajstić information content (AvgIpc) is 2.12. The number of nitrogens with zero attached hydrogens (tertiary/aromatic N) is 1. The summed E-state index contributed by atoms with van der Waals surface area (Å²) in [4.78, 5) is 12.3. The largest absolute Gasteiger partial charge is 0.466 e. The molecule has 5 nitrogen and oxygen atoms in total. The molecule has 0 heterocycles. The van der Waals surface area contributed by atoms with E-state index in [9.17, 15) is 4.79 Å². The molecule has 0 aromatic rings. The van der Waals surface area contributed by atoms with Crippen LogP contribution in [-0.2, 0) is 9.53 Å². The highest BCUT2D eigenvalue weighted by Crippen LogP contribution is 1.92. The van der Waals surface area contributed by atoms with Gasteiger partial charge in [0.05, 0.1) is 19.8 Å². The number of esters is 1. The van der Waals surface area contributed by atoms with Crippen LogP contribution in [0.1, 0.15) is 13.3 Å². The molecular formula is C9H19NO4. The second kappa shape index (κ2) is 8.93. The van der Waals surface area contributed by atoms with E-state index < -0.39 is 0 Å². The van der Waals surface area contributed by atoms with Crippen molar-refractivity contribution in [2.75, 3.05) is 39.5 Å². The number of hydrogen-bond donors (Lipinski definition) is 2. The van der Waals surface area contributed by atoms with Crippen LogP contribution in [0.15, 0.2) is 0 Å². The van der Waals surface area contributed by atoms with Crippen molar-refractivity contribution in [1.82, 2.24) is 4.90 Å². The van der Waals surface area contributed by atoms with Crippen LogP contribution in [0.25, 0.3) is 0 Å². The van der Waals surface area contributed by atoms with Gasteiger partial charge in [0.1, 0.15) is 0 Å². The molecule has 0 unspecified atom stereocenters. The van der Waals surface area contributed by atoms with Crippen molar-refractivity contribution in [1.29, 1.82) is 0 Å². The first-order valence-corrected chi connectivity index (χ1v) is 4.78. The molecule has 0 atom stereocenters. The number of aliphatic hydroxyl groups excluding tert-OH is 2. The molecule has 5 heteroatoms. The molecular weight excluding hydrogens is 186 g/mol. The second-order valence-electron chi connectivity index (χ2n) is 2.98. The van der Waals surface area contributed by atoms with E-state index in [1.54, 1.807) is 0 Å². The zero-order chi connectivity index (χ0) is 10.8. The van der Waals surface area contributed by atoms with Crippen LogP contribution in [0.4, 0.5) is 0 Å². The fourth-order valence-electron chi connectivity index (χ4n) is 1.12. The van der Waals surface area contributed by atoms with E-state index in [0.717, 1.165) is 6.42 Å². The molecule has 0 saturated heterocycles. The second-order valence-corrected chi connectivity index (χ2v) is 2.98. The first kappa shape index (κ1) is 13.4. The summed E-state index contributed by atoms with van der Waals surface area (Å²) in [6.07, 6.45) is 0.722. The molecule has 0 rings (SSSR count). The number of aliphatic hydroxyl groups is 2. The van der Waals surface area contributed by atoms with Crippen molar-refractivity contribution in [3.05, 3.63) is 0 Å². The van der Waals surface area contributed by atoms with E-state index >= 15 is 0 Å². The number of hydrogen-bond acceptors (Lipinski definition) is 5. The Hall–Kier alpha value is -0.650. The summed E-state index contributed by atoms with van der Waals surface area (Å²) in [5, 5.41) is 17.4. The lowest BCUT2D eigenvalue weighted by Gasteiger charge is -2.19. The molecule has 2 N–H and O–H groups in total. The van der Waals surface area contributed by atoms with Crippen LogP contribution in [0.5, 0.6) is 0 Å². The van der Waals surface area contributed by atoms with Gasteiger partial charge in [0.2, 0.25) is 0 Å². The summed E-state index contributed by atoms with van der Waals surface area (Å²) in [5.41, 5.74) is 0. The van der Waals surface area contributed by atoms with Crippen LogP contribution in [0.3, 0.4) is 0 Å². The van der Waals surface area contributed by atoms with Gasteiger partial charge in [-0.2, -0.15) is 0 Å². The maximum absolute atomic E-state index is 10.4. The number of carbonyl (C=O) groups excluding carboxylic acids is 1. The summed E-state index contributed by atoms with van der Waals surface area (Å²) in [6.45, 7) is 3.72. The van der Waals surface area contributed by atoms with Crippen molar-refractivity contribution >= 4 is 5.97 Å². The minimum absolute atomic E-state index is 0.0769. The number of ether oxygens (including phenoxy) is 1. The third-order valence-electron chi connectivity index (χ3n) is 1.76. The lowest BCUT2D eigenvalue weighted by atomic mass is 10.4. The SMILES string of the molecule is CC(=O)OCCCN(CCO)CCO. The van der Waals surface area contributed by atoms with E-state index in [2.05, 4.69) is 0 Å². The van der Waals surface area contributed by atoms with E-state index in [-0.39, 0.29) is 19.2 Å². The Morgan fingerprint density at radius 1 is 1.21 bits per heavy atom. The van der Waals surface area contributed by atoms with Gasteiger partial charge in [0.25, 0.3) is 0 Å². The highest BCUT2D eigenvalue weighted by molar-refractivity contribution is 5.65. The summed E-state index contributed by atoms with van der Waals surface area (Å²) >= 11 is 0. The lowest BCUT2D eigenvalue weighted by Crippen LogP contribution is -2.31. The van der Waals surface area contributed by atoms with Crippen LogP contribution in [-0.4, -0.2) is 60.5 Å². The molecule has 0 aromatic heterocycles. The molecule has 0 aromatic carbocycles. The molecule has 0 amide bonds. The Morgan fingerprint density at radius 2 is 1.79 bits per heavy atom. The Balaban J connectivity index is 3.44. The minimum atomic E-state index is -0.277. The molecule has 0 aliphatic carbocycles. The van der Waals surface area contributed by atoms with Crippen molar-refractivity contribution in [3.63, 3.8) is 0 Å². The van der Waals surface area contributed by atoms with Crippen LogP contribution in [0, 0.1) is 0 Å². The Kier molecular flexibility index (Phi) is 8.51. The van der Waals surface area contributed by atoms with Gasteiger partial charge in [-0.1, -0.05) is 0 Å². The third kappa shape index (κ3) is 7.97. The zero-order valence-corrected chi connectivity index (χ0v) is 8.61. The molecule has 14 heavy (non-hydrogen) atoms. The minimum Gasteiger partial charge on any atom is -0.466 e. The van der Waals surface area contributed by atoms with Gasteiger partial charge >= 0.3 is 5.97 Å². The monoisotopic (exact) mass is 205 g/mol. The van der Waals surface area contributed by atoms with Crippen LogP contribution < -0.4 is 0 Å². The first-order valence-electron chi connectivity index (χ1n) is 4.78. The van der Waals surface area contributed by atoms with Gasteiger partial charge in [-0.25, -0.2) is 0 Å². The molecule has 0 saturated carbocycles. The van der Waals surface area contributed by atoms with E-state index in [4.69, 9.17) is 14.9 Å². The first-order chi connectivity index (χ1) is 6.70. The maximum Gasteiger partial charge on any atom is 0.302 e. The fraction of sp³-hybridized carbons (Fsp3) is 0.889. The molecule has 0 radical (unpaired) electrons. The van der Waals surface area contributed by atoms with Crippen LogP contribution >= 0.6 is 0 Å². The zero-order valence-electron chi connectivity index (χ0n) is 8.61. The Labute approximate surface area is 84.3 Å². The quantitative estimate of drug-likeness (QED) is 0.402. The number of carbonyl (C=O) groups is 1. The number of rotatable bonds is 8. The molecule has 0 aliphatic rings. The maximum atomic E-state index is 10.4. The highest BCUT2D eigenvalue weighted by atomic mass is 16.5. The topological polar surface area (TPSA) is 70.0 Å². The Bertz CT molecular complexity index is 146. The molecule has 0 spiro atoms. The smallest absolute Gasteiger partial charge is 0.302 e. The lowest BCUT2D eigenvalue weighted by molar-refractivity contribution is -0.141. The predicted octanol–water partition coefficient (Wildman–Crippen LogP) is -0.774. The van der Waals surface area contributed by atoms with Gasteiger partial charge in [0, 0.05) is 26.6 Å². The van der Waals surface area contributed by atoms with Gasteiger partial charge in [-0.3, -0.25) is 9.69 Å². The molecule has 84 valence electrons. The van der Waals surface area contributed by atoms with Gasteiger partial charge in [0.15, 0.2) is 0 Å². The van der Waals surface area contributed by atoms with Gasteiger partial charge in [-0.05, 0) is 6.42 Å². The third-order valence-corrected chi connectivity index (χ3v) is 1.76. The van der Waals surface area contributed by atoms with Gasteiger partial charge in [-0.15, -0.1) is 0 Å². The van der Waals surface area contributed by atoms with Crippen molar-refractivity contribution in [2.45, 2.75) is 13.3 Å². The van der Waals surface area contributed by atoms with E-state index in [1.165, 1.54) is 6.92 Å². The summed E-state index contributed by atoms with van der Waals surface area (Å²) in [5.74, 6) is -0.277. The van der Waals surface area contributed by atoms with Crippen LogP contribution in [0.2, 0.25) is 0 Å². The van der Waals surface area contributed by atoms with Crippen molar-refractivity contribution < 1.29 is 19.7 Å². The average molecular weight is 205 g/mol. The Morgan fingerprint density at radius 3 is 2.21 bits per heavy atom. The van der Waals surface area contributed by atoms with Crippen molar-refractivity contribution in [3.8, 4) is 0 Å². The standard InChI is InChI=1S/C9H19NO4/c1-9(13)14-8-2-3-10(4-6-11)5-7-12/h11-12H,2-8H2,1H3. The normalized spacial score (nSPS) is 10.6. The molecule has 0 aliphatic heterocycles. The van der Waals surface area contributed by atoms with Crippen molar-refractivity contribution in [2.24, 2.45) is 0 Å². The fourth-order valence-corrected chi connectivity index (χ4v) is 1.12.